The Morgan fingerprint density at radius 1 is 0.912 bits per heavy atom. The number of ether oxygens (including phenoxy) is 3. The molecule has 1 N–H and O–H groups in total. The number of nitrogens with one attached hydrogen (secondary N) is 1. The molecular weight excluding hydrogens is 456 g/mol. The molecule has 0 heterocycles. The number of carbonyl (C=O) groups is 1. The maximum absolute atomic E-state index is 13.6. The second kappa shape index (κ2) is 11.4. The number of anilines is 1. The average molecular weight is 485 g/mol. The van der Waals surface area contributed by atoms with E-state index in [0.29, 0.717) is 23.8 Å². The fraction of sp³-hybridized carbons (Fsp3) is 0.240. The highest BCUT2D eigenvalue weighted by Gasteiger charge is 2.28. The number of hydrogen-bond acceptors (Lipinski definition) is 6. The van der Waals surface area contributed by atoms with Crippen LogP contribution in [-0.4, -0.2) is 41.7 Å². The molecule has 0 unspecified atom stereocenters. The van der Waals surface area contributed by atoms with Crippen LogP contribution in [0.1, 0.15) is 12.5 Å². The largest absolute Gasteiger partial charge is 0.494 e. The first-order valence-electron chi connectivity index (χ1n) is 10.7. The van der Waals surface area contributed by atoms with Crippen LogP contribution in [0.2, 0.25) is 0 Å². The molecule has 0 fully saturated rings. The summed E-state index contributed by atoms with van der Waals surface area (Å²) in [4.78, 5) is 12.8. The molecule has 9 heteroatoms. The van der Waals surface area contributed by atoms with Crippen LogP contribution in [0.25, 0.3) is 0 Å². The lowest BCUT2D eigenvalue weighted by Gasteiger charge is -2.24. The van der Waals surface area contributed by atoms with Crippen LogP contribution >= 0.6 is 0 Å². The first-order chi connectivity index (χ1) is 16.4. The van der Waals surface area contributed by atoms with Gasteiger partial charge in [0.2, 0.25) is 5.91 Å². The van der Waals surface area contributed by atoms with Gasteiger partial charge in [-0.2, -0.15) is 0 Å². The van der Waals surface area contributed by atoms with Gasteiger partial charge in [-0.25, -0.2) is 8.42 Å². The van der Waals surface area contributed by atoms with Crippen molar-refractivity contribution in [2.45, 2.75) is 18.4 Å². The molecule has 3 aromatic rings. The number of para-hydroxylation sites is 1. The van der Waals surface area contributed by atoms with Gasteiger partial charge in [0.15, 0.2) is 11.5 Å². The molecule has 1 amide bonds. The monoisotopic (exact) mass is 484 g/mol. The minimum atomic E-state index is -4.09. The quantitative estimate of drug-likeness (QED) is 0.447. The lowest BCUT2D eigenvalue weighted by molar-refractivity contribution is -0.119. The Hall–Kier alpha value is -3.72. The van der Waals surface area contributed by atoms with Crippen LogP contribution in [0.4, 0.5) is 5.69 Å². The molecule has 3 rings (SSSR count). The molecule has 3 aromatic carbocycles. The second-order valence-electron chi connectivity index (χ2n) is 7.22. The Bertz CT molecular complexity index is 1220. The van der Waals surface area contributed by atoms with Gasteiger partial charge in [0.05, 0.1) is 31.4 Å². The zero-order valence-electron chi connectivity index (χ0n) is 19.4. The van der Waals surface area contributed by atoms with E-state index in [9.17, 15) is 13.2 Å². The van der Waals surface area contributed by atoms with Gasteiger partial charge in [0.1, 0.15) is 12.3 Å². The first kappa shape index (κ1) is 24.9. The van der Waals surface area contributed by atoms with E-state index in [1.807, 2.05) is 31.2 Å². The van der Waals surface area contributed by atoms with E-state index >= 15 is 0 Å². The maximum Gasteiger partial charge on any atom is 0.264 e. The first-order valence-corrected chi connectivity index (χ1v) is 12.1. The van der Waals surface area contributed by atoms with Gasteiger partial charge in [-0.3, -0.25) is 9.10 Å². The van der Waals surface area contributed by atoms with Gasteiger partial charge < -0.3 is 19.5 Å². The third-order valence-corrected chi connectivity index (χ3v) is 6.74. The molecule has 0 spiro atoms. The number of benzene rings is 3. The Morgan fingerprint density at radius 2 is 1.65 bits per heavy atom. The molecule has 0 saturated carbocycles. The summed E-state index contributed by atoms with van der Waals surface area (Å²) in [6.07, 6.45) is 0. The summed E-state index contributed by atoms with van der Waals surface area (Å²) in [7, 11) is -1.19. The van der Waals surface area contributed by atoms with Crippen molar-refractivity contribution in [1.82, 2.24) is 5.32 Å². The molecule has 0 aliphatic rings. The predicted molar refractivity (Wildman–Crippen MR) is 130 cm³/mol. The number of amides is 1. The summed E-state index contributed by atoms with van der Waals surface area (Å²) in [5, 5.41) is 2.79. The number of nitrogens with zero attached hydrogens (tertiary/aromatic N) is 1. The molecule has 0 bridgehead atoms. The standard InChI is InChI=1S/C25H28N2O6S/c1-4-33-21-12-8-9-19(15-21)17-26-25(28)18-27(20-10-6-5-7-11-20)34(29,30)22-13-14-23(31-2)24(16-22)32-3/h5-16H,4,17-18H2,1-3H3,(H,26,28). The molecule has 34 heavy (non-hydrogen) atoms. The summed E-state index contributed by atoms with van der Waals surface area (Å²) >= 11 is 0. The van der Waals surface area contributed by atoms with Gasteiger partial charge in [-0.1, -0.05) is 30.3 Å². The highest BCUT2D eigenvalue weighted by atomic mass is 32.2. The van der Waals surface area contributed by atoms with Crippen LogP contribution in [0.15, 0.2) is 77.7 Å². The smallest absolute Gasteiger partial charge is 0.264 e. The minimum absolute atomic E-state index is 0.0220. The van der Waals surface area contributed by atoms with E-state index in [-0.39, 0.29) is 17.2 Å². The molecule has 0 atom stereocenters. The van der Waals surface area contributed by atoms with Crippen molar-refractivity contribution < 1.29 is 27.4 Å². The van der Waals surface area contributed by atoms with Crippen LogP contribution in [-0.2, 0) is 21.4 Å². The topological polar surface area (TPSA) is 94.2 Å². The van der Waals surface area contributed by atoms with Gasteiger partial charge in [-0.05, 0) is 48.9 Å². The Morgan fingerprint density at radius 3 is 2.32 bits per heavy atom. The average Bonchev–Trinajstić information content (AvgIpc) is 2.86. The number of hydrogen-bond donors (Lipinski definition) is 1. The molecule has 0 aromatic heterocycles. The lowest BCUT2D eigenvalue weighted by Crippen LogP contribution is -2.40. The second-order valence-corrected chi connectivity index (χ2v) is 9.08. The van der Waals surface area contributed by atoms with Crippen LogP contribution in [0.5, 0.6) is 17.2 Å². The summed E-state index contributed by atoms with van der Waals surface area (Å²) in [6.45, 7) is 2.27. The van der Waals surface area contributed by atoms with E-state index in [1.54, 1.807) is 30.3 Å². The Kier molecular flexibility index (Phi) is 8.37. The van der Waals surface area contributed by atoms with E-state index in [1.165, 1.54) is 32.4 Å². The molecule has 0 aliphatic heterocycles. The molecule has 0 radical (unpaired) electrons. The van der Waals surface area contributed by atoms with E-state index in [2.05, 4.69) is 5.32 Å². The van der Waals surface area contributed by atoms with Crippen molar-refractivity contribution in [1.29, 1.82) is 0 Å². The molecule has 0 aliphatic carbocycles. The number of rotatable bonds is 11. The van der Waals surface area contributed by atoms with Gasteiger partial charge >= 0.3 is 0 Å². The Labute approximate surface area is 200 Å². The number of methoxy groups -OCH3 is 2. The van der Waals surface area contributed by atoms with Crippen molar-refractivity contribution in [2.75, 3.05) is 31.7 Å². The van der Waals surface area contributed by atoms with E-state index in [0.717, 1.165) is 9.87 Å². The Balaban J connectivity index is 1.84. The molecule has 8 nitrogen and oxygen atoms in total. The van der Waals surface area contributed by atoms with Crippen molar-refractivity contribution in [3.8, 4) is 17.2 Å². The number of carbonyl (C=O) groups excluding carboxylic acids is 1. The summed E-state index contributed by atoms with van der Waals surface area (Å²) in [5.74, 6) is 0.931. The fourth-order valence-electron chi connectivity index (χ4n) is 3.31. The molecular formula is C25H28N2O6S. The van der Waals surface area contributed by atoms with Gasteiger partial charge in [-0.15, -0.1) is 0 Å². The summed E-state index contributed by atoms with van der Waals surface area (Å²) in [5.41, 5.74) is 1.21. The van der Waals surface area contributed by atoms with Crippen molar-refractivity contribution >= 4 is 21.6 Å². The fourth-order valence-corrected chi connectivity index (χ4v) is 4.75. The van der Waals surface area contributed by atoms with Crippen molar-refractivity contribution in [3.05, 3.63) is 78.4 Å². The van der Waals surface area contributed by atoms with Crippen LogP contribution in [0, 0.1) is 0 Å². The zero-order valence-corrected chi connectivity index (χ0v) is 20.2. The summed E-state index contributed by atoms with van der Waals surface area (Å²) < 4.78 is 44.1. The SMILES string of the molecule is CCOc1cccc(CNC(=O)CN(c2ccccc2)S(=O)(=O)c2ccc(OC)c(OC)c2)c1. The highest BCUT2D eigenvalue weighted by molar-refractivity contribution is 7.92. The van der Waals surface area contributed by atoms with E-state index in [4.69, 9.17) is 14.2 Å². The number of sulfonamides is 1. The minimum Gasteiger partial charge on any atom is -0.494 e. The molecule has 180 valence electrons. The molecule has 0 saturated heterocycles. The lowest BCUT2D eigenvalue weighted by atomic mass is 10.2. The third kappa shape index (κ3) is 5.99. The summed E-state index contributed by atoms with van der Waals surface area (Å²) in [6, 6.07) is 20.1. The van der Waals surface area contributed by atoms with E-state index < -0.39 is 22.5 Å². The van der Waals surface area contributed by atoms with Gasteiger partial charge in [0, 0.05) is 12.6 Å². The van der Waals surface area contributed by atoms with Gasteiger partial charge in [0.25, 0.3) is 10.0 Å². The van der Waals surface area contributed by atoms with Crippen LogP contribution < -0.4 is 23.8 Å². The zero-order chi connectivity index (χ0) is 24.6. The normalized spacial score (nSPS) is 10.9. The van der Waals surface area contributed by atoms with Crippen molar-refractivity contribution in [3.63, 3.8) is 0 Å². The third-order valence-electron chi connectivity index (χ3n) is 4.97. The van der Waals surface area contributed by atoms with Crippen molar-refractivity contribution in [2.24, 2.45) is 0 Å². The highest BCUT2D eigenvalue weighted by Crippen LogP contribution is 2.32. The predicted octanol–water partition coefficient (Wildman–Crippen LogP) is 3.61. The maximum atomic E-state index is 13.6. The van der Waals surface area contributed by atoms with Crippen LogP contribution in [0.3, 0.4) is 0 Å².